The highest BCUT2D eigenvalue weighted by atomic mass is 16.3. The Bertz CT molecular complexity index is 230. The number of rotatable bonds is 2. The molecule has 1 aliphatic carbocycles. The molecule has 0 bridgehead atoms. The Morgan fingerprint density at radius 2 is 2.00 bits per heavy atom. The quantitative estimate of drug-likeness (QED) is 0.617. The molecular formula is C10H18N2O2. The van der Waals surface area contributed by atoms with Crippen LogP contribution >= 0.6 is 0 Å². The van der Waals surface area contributed by atoms with E-state index in [1.807, 2.05) is 0 Å². The number of nitrogens with one attached hydrogen (secondary N) is 1. The maximum Gasteiger partial charge on any atom is 0.219 e. The van der Waals surface area contributed by atoms with Crippen LogP contribution in [-0.4, -0.2) is 40.8 Å². The second-order valence-corrected chi connectivity index (χ2v) is 4.46. The number of likely N-dealkylation sites (tertiary alicyclic amines) is 1. The number of piperidine rings is 1. The van der Waals surface area contributed by atoms with E-state index in [0.29, 0.717) is 32.0 Å². The highest BCUT2D eigenvalue weighted by Gasteiger charge is 2.37. The number of amides is 1. The van der Waals surface area contributed by atoms with Crippen LogP contribution in [0.5, 0.6) is 0 Å². The van der Waals surface area contributed by atoms with Crippen LogP contribution in [0, 0.1) is 0 Å². The Hall–Kier alpha value is -0.610. The molecule has 1 saturated heterocycles. The molecule has 0 spiro atoms. The average Bonchev–Trinajstić information content (AvgIpc) is 2.88. The summed E-state index contributed by atoms with van der Waals surface area (Å²) in [4.78, 5) is 12.9. The van der Waals surface area contributed by atoms with Gasteiger partial charge in [0.05, 0.1) is 0 Å². The van der Waals surface area contributed by atoms with E-state index < -0.39 is 5.72 Å². The maximum absolute atomic E-state index is 11.1. The smallest absolute Gasteiger partial charge is 0.219 e. The minimum atomic E-state index is -0.715. The molecule has 1 saturated carbocycles. The van der Waals surface area contributed by atoms with Gasteiger partial charge in [0.25, 0.3) is 0 Å². The molecule has 0 aromatic rings. The van der Waals surface area contributed by atoms with Gasteiger partial charge in [-0.2, -0.15) is 0 Å². The molecule has 80 valence electrons. The number of aliphatic hydroxyl groups is 1. The van der Waals surface area contributed by atoms with Gasteiger partial charge in [0.2, 0.25) is 5.91 Å². The minimum Gasteiger partial charge on any atom is -0.376 e. The summed E-state index contributed by atoms with van der Waals surface area (Å²) in [7, 11) is 0. The average molecular weight is 198 g/mol. The van der Waals surface area contributed by atoms with E-state index in [-0.39, 0.29) is 5.91 Å². The second kappa shape index (κ2) is 3.51. The van der Waals surface area contributed by atoms with Crippen molar-refractivity contribution in [2.24, 2.45) is 0 Å². The Morgan fingerprint density at radius 1 is 1.43 bits per heavy atom. The third kappa shape index (κ3) is 2.25. The van der Waals surface area contributed by atoms with Gasteiger partial charge in [-0.25, -0.2) is 0 Å². The molecule has 1 heterocycles. The lowest BCUT2D eigenvalue weighted by Crippen LogP contribution is -2.54. The van der Waals surface area contributed by atoms with Gasteiger partial charge in [0.15, 0.2) is 0 Å². The number of hydrogen-bond acceptors (Lipinski definition) is 3. The third-order valence-corrected chi connectivity index (χ3v) is 3.09. The van der Waals surface area contributed by atoms with Crippen LogP contribution in [0.3, 0.4) is 0 Å². The SMILES string of the molecule is CC(=O)N1CCC(O)(NC2CC2)CC1. The number of hydrogen-bond donors (Lipinski definition) is 2. The van der Waals surface area contributed by atoms with Gasteiger partial charge in [-0.1, -0.05) is 0 Å². The zero-order chi connectivity index (χ0) is 10.2. The molecule has 2 fully saturated rings. The molecule has 14 heavy (non-hydrogen) atoms. The molecule has 1 amide bonds. The lowest BCUT2D eigenvalue weighted by Gasteiger charge is -2.38. The Kier molecular flexibility index (Phi) is 2.49. The Labute approximate surface area is 84.3 Å². The van der Waals surface area contributed by atoms with Crippen molar-refractivity contribution < 1.29 is 9.90 Å². The first-order chi connectivity index (χ1) is 6.59. The number of carbonyl (C=O) groups excluding carboxylic acids is 1. The lowest BCUT2D eigenvalue weighted by molar-refractivity contribution is -0.134. The van der Waals surface area contributed by atoms with E-state index >= 15 is 0 Å². The molecule has 4 nitrogen and oxygen atoms in total. The zero-order valence-corrected chi connectivity index (χ0v) is 8.62. The predicted molar refractivity (Wildman–Crippen MR) is 52.6 cm³/mol. The maximum atomic E-state index is 11.1. The molecule has 1 aliphatic heterocycles. The largest absolute Gasteiger partial charge is 0.376 e. The van der Waals surface area contributed by atoms with E-state index in [1.165, 1.54) is 12.8 Å². The van der Waals surface area contributed by atoms with Crippen LogP contribution in [0.15, 0.2) is 0 Å². The van der Waals surface area contributed by atoms with Gasteiger partial charge in [0.1, 0.15) is 5.72 Å². The van der Waals surface area contributed by atoms with Gasteiger partial charge in [-0.15, -0.1) is 0 Å². The van der Waals surface area contributed by atoms with Crippen LogP contribution in [0.1, 0.15) is 32.6 Å². The topological polar surface area (TPSA) is 52.6 Å². The summed E-state index contributed by atoms with van der Waals surface area (Å²) in [5.74, 6) is 0.110. The predicted octanol–water partition coefficient (Wildman–Crippen LogP) is 0.0693. The van der Waals surface area contributed by atoms with Gasteiger partial charge < -0.3 is 10.0 Å². The van der Waals surface area contributed by atoms with Crippen LogP contribution in [0.2, 0.25) is 0 Å². The summed E-state index contributed by atoms with van der Waals surface area (Å²) in [5, 5.41) is 13.4. The van der Waals surface area contributed by atoms with Crippen molar-refractivity contribution in [1.82, 2.24) is 10.2 Å². The first-order valence-corrected chi connectivity index (χ1v) is 5.35. The fourth-order valence-corrected chi connectivity index (χ4v) is 1.94. The highest BCUT2D eigenvalue weighted by molar-refractivity contribution is 5.73. The van der Waals surface area contributed by atoms with Crippen LogP contribution in [-0.2, 0) is 4.79 Å². The van der Waals surface area contributed by atoms with E-state index in [0.717, 1.165) is 0 Å². The molecule has 2 aliphatic rings. The summed E-state index contributed by atoms with van der Waals surface area (Å²) in [6, 6.07) is 0.517. The van der Waals surface area contributed by atoms with E-state index in [4.69, 9.17) is 0 Å². The van der Waals surface area contributed by atoms with Crippen molar-refractivity contribution in [2.75, 3.05) is 13.1 Å². The highest BCUT2D eigenvalue weighted by Crippen LogP contribution is 2.27. The summed E-state index contributed by atoms with van der Waals surface area (Å²) >= 11 is 0. The molecule has 0 aromatic heterocycles. The van der Waals surface area contributed by atoms with Gasteiger partial charge in [-0.3, -0.25) is 10.1 Å². The molecule has 0 unspecified atom stereocenters. The van der Waals surface area contributed by atoms with Gasteiger partial charge >= 0.3 is 0 Å². The van der Waals surface area contributed by atoms with Crippen LogP contribution in [0.25, 0.3) is 0 Å². The Morgan fingerprint density at radius 3 is 2.43 bits per heavy atom. The first kappa shape index (κ1) is 9.93. The molecule has 2 N–H and O–H groups in total. The van der Waals surface area contributed by atoms with Gasteiger partial charge in [0, 0.05) is 38.9 Å². The summed E-state index contributed by atoms with van der Waals surface area (Å²) < 4.78 is 0. The van der Waals surface area contributed by atoms with Crippen molar-refractivity contribution in [1.29, 1.82) is 0 Å². The fraction of sp³-hybridized carbons (Fsp3) is 0.900. The molecular weight excluding hydrogens is 180 g/mol. The molecule has 0 radical (unpaired) electrons. The molecule has 4 heteroatoms. The summed E-state index contributed by atoms with van der Waals surface area (Å²) in [6.07, 6.45) is 3.67. The van der Waals surface area contributed by atoms with Crippen molar-refractivity contribution in [3.8, 4) is 0 Å². The van der Waals surface area contributed by atoms with E-state index in [9.17, 15) is 9.90 Å². The Balaban J connectivity index is 1.83. The standard InChI is InChI=1S/C10H18N2O2/c1-8(13)12-6-4-10(14,5-7-12)11-9-2-3-9/h9,11,14H,2-7H2,1H3. The summed E-state index contributed by atoms with van der Waals surface area (Å²) in [5.41, 5.74) is -0.715. The number of carbonyl (C=O) groups is 1. The molecule has 0 aromatic carbocycles. The normalized spacial score (nSPS) is 26.3. The fourth-order valence-electron chi connectivity index (χ4n) is 1.94. The zero-order valence-electron chi connectivity index (χ0n) is 8.62. The second-order valence-electron chi connectivity index (χ2n) is 4.46. The van der Waals surface area contributed by atoms with E-state index in [2.05, 4.69) is 5.32 Å². The molecule has 2 rings (SSSR count). The van der Waals surface area contributed by atoms with Crippen LogP contribution < -0.4 is 5.32 Å². The van der Waals surface area contributed by atoms with Crippen molar-refractivity contribution >= 4 is 5.91 Å². The van der Waals surface area contributed by atoms with Crippen molar-refractivity contribution in [2.45, 2.75) is 44.4 Å². The number of nitrogens with zero attached hydrogens (tertiary/aromatic N) is 1. The minimum absolute atomic E-state index is 0.110. The molecule has 0 atom stereocenters. The lowest BCUT2D eigenvalue weighted by atomic mass is 10.0. The first-order valence-electron chi connectivity index (χ1n) is 5.35. The summed E-state index contributed by atoms with van der Waals surface area (Å²) in [6.45, 7) is 2.93. The van der Waals surface area contributed by atoms with Crippen molar-refractivity contribution in [3.63, 3.8) is 0 Å². The van der Waals surface area contributed by atoms with E-state index in [1.54, 1.807) is 11.8 Å². The van der Waals surface area contributed by atoms with Crippen LogP contribution in [0.4, 0.5) is 0 Å². The van der Waals surface area contributed by atoms with Crippen molar-refractivity contribution in [3.05, 3.63) is 0 Å². The monoisotopic (exact) mass is 198 g/mol. The van der Waals surface area contributed by atoms with Gasteiger partial charge in [-0.05, 0) is 12.8 Å². The third-order valence-electron chi connectivity index (χ3n) is 3.09.